The Balaban J connectivity index is 2.09. The molecule has 0 spiro atoms. The Labute approximate surface area is 134 Å². The van der Waals surface area contributed by atoms with Crippen molar-refractivity contribution < 1.29 is 14.5 Å². The van der Waals surface area contributed by atoms with Gasteiger partial charge in [0.1, 0.15) is 11.4 Å². The quantitative estimate of drug-likeness (QED) is 0.675. The Morgan fingerprint density at radius 3 is 2.35 bits per heavy atom. The molecule has 0 heterocycles. The summed E-state index contributed by atoms with van der Waals surface area (Å²) in [5.74, 6) is 0.120. The minimum Gasteiger partial charge on any atom is -0.481 e. The van der Waals surface area contributed by atoms with Crippen LogP contribution in [-0.4, -0.2) is 16.9 Å². The fourth-order valence-electron chi connectivity index (χ4n) is 2.01. The van der Waals surface area contributed by atoms with Gasteiger partial charge >= 0.3 is 0 Å². The number of aryl methyl sites for hydroxylation is 2. The van der Waals surface area contributed by atoms with Gasteiger partial charge in [0.15, 0.2) is 6.10 Å². The van der Waals surface area contributed by atoms with Crippen molar-refractivity contribution in [3.63, 3.8) is 0 Å². The van der Waals surface area contributed by atoms with Crippen LogP contribution in [0.3, 0.4) is 0 Å². The van der Waals surface area contributed by atoms with Crippen LogP contribution in [0, 0.1) is 24.0 Å². The van der Waals surface area contributed by atoms with E-state index in [-0.39, 0.29) is 11.4 Å². The monoisotopic (exact) mass is 314 g/mol. The summed E-state index contributed by atoms with van der Waals surface area (Å²) in [6, 6.07) is 11.9. The number of hydrogen-bond donors (Lipinski definition) is 1. The molecule has 120 valence electrons. The molecule has 0 bridgehead atoms. The highest BCUT2D eigenvalue weighted by atomic mass is 16.6. The number of nitrogens with one attached hydrogen (secondary N) is 1. The van der Waals surface area contributed by atoms with Crippen LogP contribution in [0.15, 0.2) is 42.5 Å². The molecule has 0 aliphatic carbocycles. The molecule has 6 nitrogen and oxygen atoms in total. The minimum atomic E-state index is -0.779. The third-order valence-electron chi connectivity index (χ3n) is 3.31. The molecule has 2 rings (SSSR count). The van der Waals surface area contributed by atoms with E-state index < -0.39 is 16.9 Å². The molecule has 0 radical (unpaired) electrons. The summed E-state index contributed by atoms with van der Waals surface area (Å²) in [5, 5.41) is 13.6. The average molecular weight is 314 g/mol. The van der Waals surface area contributed by atoms with Crippen molar-refractivity contribution >= 4 is 17.3 Å². The summed E-state index contributed by atoms with van der Waals surface area (Å²) >= 11 is 0. The molecule has 1 atom stereocenters. The van der Waals surface area contributed by atoms with Crippen molar-refractivity contribution in [3.05, 3.63) is 63.7 Å². The van der Waals surface area contributed by atoms with Gasteiger partial charge in [0.2, 0.25) is 0 Å². The Morgan fingerprint density at radius 1 is 1.13 bits per heavy atom. The highest BCUT2D eigenvalue weighted by Crippen LogP contribution is 2.25. The van der Waals surface area contributed by atoms with Crippen LogP contribution < -0.4 is 10.1 Å². The van der Waals surface area contributed by atoms with E-state index in [0.717, 1.165) is 11.1 Å². The van der Waals surface area contributed by atoms with Gasteiger partial charge in [-0.1, -0.05) is 23.8 Å². The fourth-order valence-corrected chi connectivity index (χ4v) is 2.01. The van der Waals surface area contributed by atoms with Gasteiger partial charge in [0, 0.05) is 6.07 Å². The predicted molar refractivity (Wildman–Crippen MR) is 87.7 cm³/mol. The van der Waals surface area contributed by atoms with Gasteiger partial charge in [-0.2, -0.15) is 0 Å². The van der Waals surface area contributed by atoms with Gasteiger partial charge in [0.25, 0.3) is 11.6 Å². The highest BCUT2D eigenvalue weighted by Gasteiger charge is 2.20. The number of ether oxygens (including phenoxy) is 1. The number of carbonyl (C=O) groups excluding carboxylic acids is 1. The van der Waals surface area contributed by atoms with Crippen LogP contribution in [0.25, 0.3) is 0 Å². The molecule has 23 heavy (non-hydrogen) atoms. The average Bonchev–Trinajstić information content (AvgIpc) is 2.51. The number of amides is 1. The molecule has 0 unspecified atom stereocenters. The van der Waals surface area contributed by atoms with Gasteiger partial charge in [0.05, 0.1) is 4.92 Å². The van der Waals surface area contributed by atoms with Crippen LogP contribution in [0.1, 0.15) is 18.1 Å². The topological polar surface area (TPSA) is 81.5 Å². The number of nitro benzene ring substituents is 1. The molecular formula is C17H18N2O4. The molecule has 0 aliphatic rings. The number of benzene rings is 2. The standard InChI is InChI=1S/C17H18N2O4/c1-11-4-7-14(8-5-11)23-13(3)17(20)18-15-9-6-12(2)10-16(15)19(21)22/h4-10,13H,1-3H3,(H,18,20)/t13-/m0/s1. The first-order valence-corrected chi connectivity index (χ1v) is 7.16. The van der Waals surface area contributed by atoms with Crippen molar-refractivity contribution in [2.75, 3.05) is 5.32 Å². The van der Waals surface area contributed by atoms with Crippen LogP contribution in [0.5, 0.6) is 5.75 Å². The SMILES string of the molecule is Cc1ccc(O[C@@H](C)C(=O)Nc2ccc(C)cc2[N+](=O)[O-])cc1. The first kappa shape index (κ1) is 16.5. The van der Waals surface area contributed by atoms with Crippen LogP contribution >= 0.6 is 0 Å². The number of nitro groups is 1. The summed E-state index contributed by atoms with van der Waals surface area (Å²) in [6.07, 6.45) is -0.779. The summed E-state index contributed by atoms with van der Waals surface area (Å²) < 4.78 is 5.55. The fraction of sp³-hybridized carbons (Fsp3) is 0.235. The van der Waals surface area contributed by atoms with Crippen LogP contribution in [0.4, 0.5) is 11.4 Å². The summed E-state index contributed by atoms with van der Waals surface area (Å²) in [6.45, 7) is 5.30. The van der Waals surface area contributed by atoms with Crippen molar-refractivity contribution in [2.24, 2.45) is 0 Å². The maximum Gasteiger partial charge on any atom is 0.293 e. The second-order valence-corrected chi connectivity index (χ2v) is 5.34. The minimum absolute atomic E-state index is 0.138. The zero-order valence-electron chi connectivity index (χ0n) is 13.2. The largest absolute Gasteiger partial charge is 0.481 e. The van der Waals surface area contributed by atoms with E-state index in [1.807, 2.05) is 19.1 Å². The number of nitrogens with zero attached hydrogens (tertiary/aromatic N) is 1. The highest BCUT2D eigenvalue weighted by molar-refractivity contribution is 5.96. The van der Waals surface area contributed by atoms with Gasteiger partial charge in [-0.05, 0) is 44.5 Å². The Morgan fingerprint density at radius 2 is 1.74 bits per heavy atom. The molecule has 6 heteroatoms. The third kappa shape index (κ3) is 4.29. The summed E-state index contributed by atoms with van der Waals surface area (Å²) in [5.41, 5.74) is 1.86. The number of rotatable bonds is 5. The van der Waals surface area contributed by atoms with E-state index in [4.69, 9.17) is 4.74 Å². The second-order valence-electron chi connectivity index (χ2n) is 5.34. The lowest BCUT2D eigenvalue weighted by molar-refractivity contribution is -0.384. The van der Waals surface area contributed by atoms with Gasteiger partial charge < -0.3 is 10.1 Å². The smallest absolute Gasteiger partial charge is 0.293 e. The Kier molecular flexibility index (Phi) is 4.95. The lowest BCUT2D eigenvalue weighted by atomic mass is 10.2. The summed E-state index contributed by atoms with van der Waals surface area (Å²) in [4.78, 5) is 22.7. The van der Waals surface area contributed by atoms with Crippen LogP contribution in [0.2, 0.25) is 0 Å². The molecule has 0 saturated heterocycles. The van der Waals surface area contributed by atoms with E-state index in [1.165, 1.54) is 12.1 Å². The molecule has 0 fully saturated rings. The van der Waals surface area contributed by atoms with Crippen molar-refractivity contribution in [2.45, 2.75) is 26.9 Å². The third-order valence-corrected chi connectivity index (χ3v) is 3.31. The number of hydrogen-bond acceptors (Lipinski definition) is 4. The molecule has 0 aliphatic heterocycles. The van der Waals surface area contributed by atoms with E-state index in [1.54, 1.807) is 32.0 Å². The van der Waals surface area contributed by atoms with E-state index in [9.17, 15) is 14.9 Å². The molecular weight excluding hydrogens is 296 g/mol. The maximum atomic E-state index is 12.2. The van der Waals surface area contributed by atoms with Crippen LogP contribution in [-0.2, 0) is 4.79 Å². The first-order chi connectivity index (χ1) is 10.9. The maximum absolute atomic E-state index is 12.2. The van der Waals surface area contributed by atoms with E-state index in [2.05, 4.69) is 5.32 Å². The van der Waals surface area contributed by atoms with E-state index in [0.29, 0.717) is 5.75 Å². The molecule has 1 amide bonds. The van der Waals surface area contributed by atoms with Gasteiger partial charge in [-0.25, -0.2) is 0 Å². The molecule has 0 aromatic heterocycles. The number of carbonyl (C=O) groups is 1. The molecule has 2 aromatic rings. The van der Waals surface area contributed by atoms with Crippen molar-refractivity contribution in [3.8, 4) is 5.75 Å². The normalized spacial score (nSPS) is 11.6. The second kappa shape index (κ2) is 6.91. The zero-order valence-corrected chi connectivity index (χ0v) is 13.2. The van der Waals surface area contributed by atoms with Gasteiger partial charge in [-0.3, -0.25) is 14.9 Å². The lowest BCUT2D eigenvalue weighted by Crippen LogP contribution is -2.30. The Hall–Kier alpha value is -2.89. The van der Waals surface area contributed by atoms with Crippen molar-refractivity contribution in [1.82, 2.24) is 0 Å². The molecule has 0 saturated carbocycles. The first-order valence-electron chi connectivity index (χ1n) is 7.16. The number of anilines is 1. The summed E-state index contributed by atoms with van der Waals surface area (Å²) in [7, 11) is 0. The molecule has 2 aromatic carbocycles. The van der Waals surface area contributed by atoms with Gasteiger partial charge in [-0.15, -0.1) is 0 Å². The Bertz CT molecular complexity index is 726. The van der Waals surface area contributed by atoms with Crippen molar-refractivity contribution in [1.29, 1.82) is 0 Å². The predicted octanol–water partition coefficient (Wildman–Crippen LogP) is 3.62. The zero-order chi connectivity index (χ0) is 17.0. The van der Waals surface area contributed by atoms with E-state index >= 15 is 0 Å². The molecule has 1 N–H and O–H groups in total. The lowest BCUT2D eigenvalue weighted by Gasteiger charge is -2.15.